The molecule has 1 atom stereocenters. The van der Waals surface area contributed by atoms with Crippen molar-refractivity contribution >= 4 is 17.3 Å². The van der Waals surface area contributed by atoms with E-state index in [1.54, 1.807) is 0 Å². The molecule has 136 valence electrons. The Morgan fingerprint density at radius 2 is 1.77 bits per heavy atom. The molecule has 2 aromatic carbocycles. The zero-order valence-electron chi connectivity index (χ0n) is 14.9. The minimum Gasteiger partial charge on any atom is -0.485 e. The van der Waals surface area contributed by atoms with Gasteiger partial charge in [-0.25, -0.2) is 0 Å². The summed E-state index contributed by atoms with van der Waals surface area (Å²) < 4.78 is 11.5. The van der Waals surface area contributed by atoms with Crippen LogP contribution in [0.2, 0.25) is 0 Å². The molecule has 0 unspecified atom stereocenters. The molecule has 1 saturated heterocycles. The van der Waals surface area contributed by atoms with E-state index in [4.69, 9.17) is 9.47 Å². The largest absolute Gasteiger partial charge is 0.485 e. The van der Waals surface area contributed by atoms with Crippen LogP contribution in [0.25, 0.3) is 0 Å². The molecule has 2 aliphatic rings. The molecular formula is C20H24N3O3+. The number of amides is 1. The maximum atomic E-state index is 12.7. The summed E-state index contributed by atoms with van der Waals surface area (Å²) in [4.78, 5) is 16.6. The van der Waals surface area contributed by atoms with Crippen LogP contribution in [0.1, 0.15) is 0 Å². The first-order valence-electron chi connectivity index (χ1n) is 9.05. The number of likely N-dealkylation sites (N-methyl/N-ethyl adjacent to an activating group) is 1. The molecule has 0 aliphatic carbocycles. The first kappa shape index (κ1) is 16.7. The Bertz CT molecular complexity index is 787. The van der Waals surface area contributed by atoms with Crippen molar-refractivity contribution in [1.82, 2.24) is 0 Å². The van der Waals surface area contributed by atoms with Crippen LogP contribution in [0.3, 0.4) is 0 Å². The molecule has 1 amide bonds. The fourth-order valence-corrected chi connectivity index (χ4v) is 3.35. The molecule has 0 aromatic heterocycles. The van der Waals surface area contributed by atoms with Gasteiger partial charge in [0.2, 0.25) is 6.10 Å². The summed E-state index contributed by atoms with van der Waals surface area (Å²) in [6, 6.07) is 15.4. The highest BCUT2D eigenvalue weighted by molar-refractivity contribution is 5.97. The number of hydrogen-bond acceptors (Lipinski definition) is 4. The number of carbonyl (C=O) groups excluding carboxylic acids is 1. The number of fused-ring (bicyclic) bond motifs is 1. The number of rotatable bonds is 3. The number of hydrogen-bond donors (Lipinski definition) is 2. The highest BCUT2D eigenvalue weighted by atomic mass is 16.6. The van der Waals surface area contributed by atoms with E-state index in [-0.39, 0.29) is 12.5 Å². The van der Waals surface area contributed by atoms with E-state index in [0.29, 0.717) is 11.5 Å². The van der Waals surface area contributed by atoms with Gasteiger partial charge in [-0.3, -0.25) is 4.79 Å². The zero-order valence-corrected chi connectivity index (χ0v) is 14.9. The third-order valence-corrected chi connectivity index (χ3v) is 4.92. The van der Waals surface area contributed by atoms with Crippen molar-refractivity contribution in [3.05, 3.63) is 48.5 Å². The molecule has 6 heteroatoms. The average molecular weight is 354 g/mol. The second kappa shape index (κ2) is 7.25. The molecule has 2 aromatic rings. The van der Waals surface area contributed by atoms with E-state index < -0.39 is 6.10 Å². The van der Waals surface area contributed by atoms with E-state index in [1.165, 1.54) is 4.90 Å². The molecule has 2 aliphatic heterocycles. The number of anilines is 2. The summed E-state index contributed by atoms with van der Waals surface area (Å²) in [5.41, 5.74) is 1.88. The molecule has 6 nitrogen and oxygen atoms in total. The van der Waals surface area contributed by atoms with Gasteiger partial charge in [0, 0.05) is 0 Å². The monoisotopic (exact) mass is 354 g/mol. The minimum atomic E-state index is -0.658. The minimum absolute atomic E-state index is 0.188. The standard InChI is InChI=1S/C20H23N3O3/c1-22-10-12-23(13-11-22)16-7-3-2-6-15(16)21-20(24)19-14-25-17-8-4-5-9-18(17)26-19/h2-9,19H,10-14H2,1H3,(H,21,24)/p+1/t19-/m1/s1. The second-order valence-corrected chi connectivity index (χ2v) is 6.81. The number of quaternary nitrogens is 1. The number of para-hydroxylation sites is 4. The van der Waals surface area contributed by atoms with Gasteiger partial charge >= 0.3 is 0 Å². The third kappa shape index (κ3) is 3.46. The summed E-state index contributed by atoms with van der Waals surface area (Å²) in [5.74, 6) is 1.10. The molecule has 0 radical (unpaired) electrons. The van der Waals surface area contributed by atoms with Gasteiger partial charge in [-0.15, -0.1) is 0 Å². The number of nitrogens with zero attached hydrogens (tertiary/aromatic N) is 1. The van der Waals surface area contributed by atoms with Crippen LogP contribution in [-0.4, -0.2) is 51.8 Å². The molecule has 0 bridgehead atoms. The smallest absolute Gasteiger partial charge is 0.269 e. The maximum Gasteiger partial charge on any atom is 0.269 e. The Kier molecular flexibility index (Phi) is 4.67. The van der Waals surface area contributed by atoms with Crippen LogP contribution in [0.15, 0.2) is 48.5 Å². The Balaban J connectivity index is 1.47. The van der Waals surface area contributed by atoms with Crippen LogP contribution >= 0.6 is 0 Å². The first-order valence-corrected chi connectivity index (χ1v) is 9.05. The van der Waals surface area contributed by atoms with Crippen molar-refractivity contribution in [1.29, 1.82) is 0 Å². The lowest BCUT2D eigenvalue weighted by atomic mass is 10.2. The van der Waals surface area contributed by atoms with Crippen LogP contribution in [-0.2, 0) is 4.79 Å². The Morgan fingerprint density at radius 3 is 2.58 bits per heavy atom. The topological polar surface area (TPSA) is 55.2 Å². The number of nitrogens with one attached hydrogen (secondary N) is 2. The van der Waals surface area contributed by atoms with E-state index in [2.05, 4.69) is 23.3 Å². The normalized spacial score (nSPS) is 19.9. The van der Waals surface area contributed by atoms with Crippen molar-refractivity contribution in [2.45, 2.75) is 6.10 Å². The number of ether oxygens (including phenoxy) is 2. The first-order chi connectivity index (χ1) is 12.7. The van der Waals surface area contributed by atoms with E-state index >= 15 is 0 Å². The van der Waals surface area contributed by atoms with Crippen molar-refractivity contribution in [3.8, 4) is 11.5 Å². The summed E-state index contributed by atoms with van der Waals surface area (Å²) in [7, 11) is 2.21. The van der Waals surface area contributed by atoms with Gasteiger partial charge in [0.15, 0.2) is 11.5 Å². The van der Waals surface area contributed by atoms with Crippen LogP contribution in [0.5, 0.6) is 11.5 Å². The summed E-state index contributed by atoms with van der Waals surface area (Å²) >= 11 is 0. The second-order valence-electron chi connectivity index (χ2n) is 6.81. The van der Waals surface area contributed by atoms with Crippen LogP contribution in [0.4, 0.5) is 11.4 Å². The molecule has 4 rings (SSSR count). The maximum absolute atomic E-state index is 12.7. The van der Waals surface area contributed by atoms with Gasteiger partial charge in [-0.1, -0.05) is 24.3 Å². The van der Waals surface area contributed by atoms with Gasteiger partial charge in [0.1, 0.15) is 6.61 Å². The summed E-state index contributed by atoms with van der Waals surface area (Å²) in [6.07, 6.45) is -0.658. The third-order valence-electron chi connectivity index (χ3n) is 4.92. The Hall–Kier alpha value is -2.73. The zero-order chi connectivity index (χ0) is 17.9. The van der Waals surface area contributed by atoms with Crippen molar-refractivity contribution in [2.75, 3.05) is 50.1 Å². The van der Waals surface area contributed by atoms with Crippen molar-refractivity contribution in [2.24, 2.45) is 0 Å². The fraction of sp³-hybridized carbons (Fsp3) is 0.350. The van der Waals surface area contributed by atoms with Gasteiger partial charge in [-0.2, -0.15) is 0 Å². The lowest BCUT2D eigenvalue weighted by Crippen LogP contribution is -3.12. The Labute approximate surface area is 153 Å². The average Bonchev–Trinajstić information content (AvgIpc) is 2.69. The SMILES string of the molecule is C[NH+]1CCN(c2ccccc2NC(=O)[C@H]2COc3ccccc3O2)CC1. The van der Waals surface area contributed by atoms with E-state index in [1.807, 2.05) is 42.5 Å². The molecule has 0 spiro atoms. The lowest BCUT2D eigenvalue weighted by Gasteiger charge is -2.33. The number of carbonyl (C=O) groups is 1. The molecule has 2 N–H and O–H groups in total. The van der Waals surface area contributed by atoms with Crippen LogP contribution in [0, 0.1) is 0 Å². The Morgan fingerprint density at radius 1 is 1.08 bits per heavy atom. The molecule has 26 heavy (non-hydrogen) atoms. The van der Waals surface area contributed by atoms with E-state index in [9.17, 15) is 4.79 Å². The summed E-state index contributed by atoms with van der Waals surface area (Å²) in [5, 5.41) is 3.03. The lowest BCUT2D eigenvalue weighted by molar-refractivity contribution is -0.880. The number of piperazine rings is 1. The van der Waals surface area contributed by atoms with Crippen molar-refractivity contribution in [3.63, 3.8) is 0 Å². The highest BCUT2D eigenvalue weighted by Gasteiger charge is 2.28. The molecular weight excluding hydrogens is 330 g/mol. The molecule has 0 saturated carbocycles. The summed E-state index contributed by atoms with van der Waals surface area (Å²) in [6.45, 7) is 4.37. The van der Waals surface area contributed by atoms with Gasteiger partial charge in [-0.05, 0) is 24.3 Å². The van der Waals surface area contributed by atoms with E-state index in [0.717, 1.165) is 37.6 Å². The molecule has 2 heterocycles. The van der Waals surface area contributed by atoms with Crippen LogP contribution < -0.4 is 24.6 Å². The quantitative estimate of drug-likeness (QED) is 0.856. The predicted octanol–water partition coefficient (Wildman–Crippen LogP) is 0.800. The van der Waals surface area contributed by atoms with Crippen molar-refractivity contribution < 1.29 is 19.2 Å². The predicted molar refractivity (Wildman–Crippen MR) is 100 cm³/mol. The fourth-order valence-electron chi connectivity index (χ4n) is 3.35. The van der Waals surface area contributed by atoms with Gasteiger partial charge in [0.25, 0.3) is 5.91 Å². The highest BCUT2D eigenvalue weighted by Crippen LogP contribution is 2.32. The number of benzene rings is 2. The van der Waals surface area contributed by atoms with Gasteiger partial charge in [0.05, 0.1) is 44.6 Å². The molecule has 1 fully saturated rings. The van der Waals surface area contributed by atoms with Gasteiger partial charge < -0.3 is 24.6 Å².